The normalized spacial score (nSPS) is 20.1. The molecule has 1 atom stereocenters. The van der Waals surface area contributed by atoms with Gasteiger partial charge in [0.15, 0.2) is 0 Å². The topological polar surface area (TPSA) is 0 Å². The first-order chi connectivity index (χ1) is 8.38. The second kappa shape index (κ2) is 6.90. The minimum atomic E-state index is 0.954. The lowest BCUT2D eigenvalue weighted by Crippen LogP contribution is -2.04. The summed E-state index contributed by atoms with van der Waals surface area (Å²) < 4.78 is 0. The summed E-state index contributed by atoms with van der Waals surface area (Å²) in [4.78, 5) is 2.95. The van der Waals surface area contributed by atoms with Gasteiger partial charge < -0.3 is 0 Å². The maximum absolute atomic E-state index is 2.47. The van der Waals surface area contributed by atoms with Crippen LogP contribution in [0.15, 0.2) is 46.2 Å². The predicted octanol–water partition coefficient (Wildman–Crippen LogP) is 5.65. The zero-order valence-electron chi connectivity index (χ0n) is 10.7. The van der Waals surface area contributed by atoms with Crippen molar-refractivity contribution < 1.29 is 0 Å². The van der Waals surface area contributed by atoms with Gasteiger partial charge in [-0.15, -0.1) is 0 Å². The lowest BCUT2D eigenvalue weighted by atomic mass is 9.90. The second-order valence-electron chi connectivity index (χ2n) is 4.87. The van der Waals surface area contributed by atoms with Crippen LogP contribution >= 0.6 is 11.8 Å². The monoisotopic (exact) mass is 246 g/mol. The van der Waals surface area contributed by atoms with Crippen LogP contribution in [0.1, 0.15) is 45.4 Å². The van der Waals surface area contributed by atoms with Crippen LogP contribution < -0.4 is 0 Å². The highest BCUT2D eigenvalue weighted by atomic mass is 32.2. The van der Waals surface area contributed by atoms with Crippen molar-refractivity contribution in [2.75, 3.05) is 0 Å². The molecule has 0 nitrogen and oxygen atoms in total. The Morgan fingerprint density at radius 1 is 1.24 bits per heavy atom. The molecule has 0 saturated carbocycles. The number of thioether (sulfide) groups is 1. The molecule has 0 aliphatic heterocycles. The van der Waals surface area contributed by atoms with Crippen molar-refractivity contribution >= 4 is 11.8 Å². The Morgan fingerprint density at radius 2 is 2.06 bits per heavy atom. The van der Waals surface area contributed by atoms with E-state index in [1.54, 1.807) is 4.91 Å². The number of allylic oxidation sites excluding steroid dienone is 2. The van der Waals surface area contributed by atoms with E-state index in [1.165, 1.54) is 43.4 Å². The summed E-state index contributed by atoms with van der Waals surface area (Å²) in [5, 5.41) is 0. The Hall–Kier alpha value is -0.690. The van der Waals surface area contributed by atoms with E-state index in [0.29, 0.717) is 0 Å². The van der Waals surface area contributed by atoms with Gasteiger partial charge in [0.1, 0.15) is 0 Å². The summed E-state index contributed by atoms with van der Waals surface area (Å²) in [6.07, 6.45) is 10.6. The Labute approximate surface area is 110 Å². The fraction of sp³-hybridized carbons (Fsp3) is 0.500. The van der Waals surface area contributed by atoms with Crippen molar-refractivity contribution in [2.45, 2.75) is 50.3 Å². The van der Waals surface area contributed by atoms with Gasteiger partial charge in [0.25, 0.3) is 0 Å². The van der Waals surface area contributed by atoms with Crippen molar-refractivity contribution in [3.63, 3.8) is 0 Å². The molecule has 1 heteroatoms. The van der Waals surface area contributed by atoms with Crippen LogP contribution in [-0.4, -0.2) is 0 Å². The molecule has 1 unspecified atom stereocenters. The average Bonchev–Trinajstić information content (AvgIpc) is 2.39. The van der Waals surface area contributed by atoms with E-state index in [2.05, 4.69) is 43.3 Å². The third-order valence-corrected chi connectivity index (χ3v) is 4.58. The van der Waals surface area contributed by atoms with Gasteiger partial charge in [-0.2, -0.15) is 0 Å². The SMILES string of the molecule is CCCCC1CC=C(Sc2ccccc2)CC1. The van der Waals surface area contributed by atoms with Crippen molar-refractivity contribution in [1.82, 2.24) is 0 Å². The first kappa shape index (κ1) is 12.8. The molecule has 1 aliphatic rings. The molecule has 1 aromatic rings. The van der Waals surface area contributed by atoms with Crippen LogP contribution in [0.4, 0.5) is 0 Å². The Bertz CT molecular complexity index is 353. The molecule has 0 heterocycles. The van der Waals surface area contributed by atoms with E-state index >= 15 is 0 Å². The zero-order valence-corrected chi connectivity index (χ0v) is 11.5. The number of hydrogen-bond donors (Lipinski definition) is 0. The minimum absolute atomic E-state index is 0.954. The predicted molar refractivity (Wildman–Crippen MR) is 77.2 cm³/mol. The first-order valence-corrected chi connectivity index (χ1v) is 7.62. The third kappa shape index (κ3) is 4.23. The van der Waals surface area contributed by atoms with E-state index in [1.807, 2.05) is 11.8 Å². The molecule has 92 valence electrons. The largest absolute Gasteiger partial charge is 0.0949 e. The number of unbranched alkanes of at least 4 members (excludes halogenated alkanes) is 1. The molecule has 0 spiro atoms. The number of rotatable bonds is 5. The lowest BCUT2D eigenvalue weighted by Gasteiger charge is -2.21. The Balaban J connectivity index is 1.82. The number of hydrogen-bond acceptors (Lipinski definition) is 1. The highest BCUT2D eigenvalue weighted by Crippen LogP contribution is 2.36. The van der Waals surface area contributed by atoms with E-state index in [9.17, 15) is 0 Å². The molecule has 1 aromatic carbocycles. The van der Waals surface area contributed by atoms with Gasteiger partial charge in [-0.05, 0) is 42.2 Å². The molecule has 1 aliphatic carbocycles. The molecule has 0 aromatic heterocycles. The molecule has 0 fully saturated rings. The molecule has 0 bridgehead atoms. The zero-order chi connectivity index (χ0) is 11.9. The van der Waals surface area contributed by atoms with Crippen LogP contribution in [0.2, 0.25) is 0 Å². The van der Waals surface area contributed by atoms with Gasteiger partial charge >= 0.3 is 0 Å². The van der Waals surface area contributed by atoms with Crippen LogP contribution in [0.5, 0.6) is 0 Å². The molecule has 0 saturated heterocycles. The van der Waals surface area contributed by atoms with Crippen LogP contribution in [0, 0.1) is 5.92 Å². The first-order valence-electron chi connectivity index (χ1n) is 6.80. The smallest absolute Gasteiger partial charge is 0.0118 e. The van der Waals surface area contributed by atoms with Crippen LogP contribution in [0.25, 0.3) is 0 Å². The van der Waals surface area contributed by atoms with Crippen molar-refractivity contribution in [2.24, 2.45) is 5.92 Å². The van der Waals surface area contributed by atoms with E-state index in [-0.39, 0.29) is 0 Å². The maximum Gasteiger partial charge on any atom is 0.0118 e. The van der Waals surface area contributed by atoms with Gasteiger partial charge in [-0.1, -0.05) is 62.2 Å². The Morgan fingerprint density at radius 3 is 2.71 bits per heavy atom. The molecule has 17 heavy (non-hydrogen) atoms. The molecule has 0 radical (unpaired) electrons. The van der Waals surface area contributed by atoms with E-state index in [0.717, 1.165) is 5.92 Å². The fourth-order valence-corrected chi connectivity index (χ4v) is 3.35. The number of benzene rings is 1. The second-order valence-corrected chi connectivity index (χ2v) is 6.07. The summed E-state index contributed by atoms with van der Waals surface area (Å²) in [5.41, 5.74) is 0. The van der Waals surface area contributed by atoms with Crippen molar-refractivity contribution in [3.05, 3.63) is 41.3 Å². The molecule has 0 amide bonds. The Kier molecular flexibility index (Phi) is 5.18. The van der Waals surface area contributed by atoms with Gasteiger partial charge in [0, 0.05) is 4.90 Å². The summed E-state index contributed by atoms with van der Waals surface area (Å²) in [5.74, 6) is 0.954. The maximum atomic E-state index is 2.47. The van der Waals surface area contributed by atoms with Gasteiger partial charge in [-0.25, -0.2) is 0 Å². The van der Waals surface area contributed by atoms with Gasteiger partial charge in [0.2, 0.25) is 0 Å². The third-order valence-electron chi connectivity index (χ3n) is 3.44. The van der Waals surface area contributed by atoms with Gasteiger partial charge in [0.05, 0.1) is 0 Å². The van der Waals surface area contributed by atoms with Gasteiger partial charge in [-0.3, -0.25) is 0 Å². The molecular formula is C16H22S. The van der Waals surface area contributed by atoms with Crippen molar-refractivity contribution in [3.8, 4) is 0 Å². The summed E-state index contributed by atoms with van der Waals surface area (Å²) in [6.45, 7) is 2.29. The lowest BCUT2D eigenvalue weighted by molar-refractivity contribution is 0.427. The summed E-state index contributed by atoms with van der Waals surface area (Å²) in [7, 11) is 0. The molecule has 2 rings (SSSR count). The highest BCUT2D eigenvalue weighted by molar-refractivity contribution is 8.03. The molecular weight excluding hydrogens is 224 g/mol. The van der Waals surface area contributed by atoms with Crippen LogP contribution in [0.3, 0.4) is 0 Å². The summed E-state index contributed by atoms with van der Waals surface area (Å²) in [6, 6.07) is 10.7. The highest BCUT2D eigenvalue weighted by Gasteiger charge is 2.14. The van der Waals surface area contributed by atoms with E-state index in [4.69, 9.17) is 0 Å². The van der Waals surface area contributed by atoms with Crippen molar-refractivity contribution in [1.29, 1.82) is 0 Å². The fourth-order valence-electron chi connectivity index (χ4n) is 2.35. The minimum Gasteiger partial charge on any atom is -0.0949 e. The average molecular weight is 246 g/mol. The summed E-state index contributed by atoms with van der Waals surface area (Å²) >= 11 is 1.95. The molecule has 0 N–H and O–H groups in total. The van der Waals surface area contributed by atoms with Crippen LogP contribution in [-0.2, 0) is 0 Å². The quantitative estimate of drug-likeness (QED) is 0.646. The van der Waals surface area contributed by atoms with E-state index < -0.39 is 0 Å². The standard InChI is InChI=1S/C16H22S/c1-2-3-7-14-10-12-16(13-11-14)17-15-8-5-4-6-9-15/h4-6,8-9,12,14H,2-3,7,10-11,13H2,1H3.